The number of pyridine rings is 1. The number of aliphatic hydroxyl groups is 1. The Bertz CT molecular complexity index is 1280. The van der Waals surface area contributed by atoms with Crippen LogP contribution in [0.4, 0.5) is 14.5 Å². The molecular formula is C23H19ClF2N2O4. The minimum absolute atomic E-state index is 0.0926. The largest absolute Gasteiger partial charge is 0.487 e. The van der Waals surface area contributed by atoms with Gasteiger partial charge < -0.3 is 14.7 Å². The van der Waals surface area contributed by atoms with Crippen molar-refractivity contribution in [1.29, 1.82) is 0 Å². The van der Waals surface area contributed by atoms with E-state index in [1.165, 1.54) is 15.5 Å². The van der Waals surface area contributed by atoms with Crippen LogP contribution in [-0.4, -0.2) is 28.7 Å². The highest BCUT2D eigenvalue weighted by molar-refractivity contribution is 6.31. The van der Waals surface area contributed by atoms with Crippen molar-refractivity contribution < 1.29 is 23.4 Å². The Morgan fingerprint density at radius 3 is 2.69 bits per heavy atom. The molecule has 9 heteroatoms. The average Bonchev–Trinajstić information content (AvgIpc) is 3.19. The molecule has 1 N–H and O–H groups in total. The highest BCUT2D eigenvalue weighted by Crippen LogP contribution is 2.31. The number of hydrogen-bond donors (Lipinski definition) is 1. The Balaban J connectivity index is 1.64. The van der Waals surface area contributed by atoms with Gasteiger partial charge in [0.05, 0.1) is 0 Å². The van der Waals surface area contributed by atoms with E-state index >= 15 is 0 Å². The predicted molar refractivity (Wildman–Crippen MR) is 116 cm³/mol. The van der Waals surface area contributed by atoms with Crippen LogP contribution in [0, 0.1) is 18.6 Å². The van der Waals surface area contributed by atoms with Crippen LogP contribution >= 0.6 is 11.6 Å². The van der Waals surface area contributed by atoms with Crippen molar-refractivity contribution in [2.75, 3.05) is 18.1 Å². The van der Waals surface area contributed by atoms with Gasteiger partial charge in [-0.3, -0.25) is 14.2 Å². The summed E-state index contributed by atoms with van der Waals surface area (Å²) in [4.78, 5) is 26.4. The van der Waals surface area contributed by atoms with Gasteiger partial charge in [-0.25, -0.2) is 8.78 Å². The van der Waals surface area contributed by atoms with Gasteiger partial charge in [-0.1, -0.05) is 11.6 Å². The molecule has 0 fully saturated rings. The van der Waals surface area contributed by atoms with E-state index in [1.54, 1.807) is 31.2 Å². The van der Waals surface area contributed by atoms with Crippen LogP contribution < -0.4 is 15.2 Å². The summed E-state index contributed by atoms with van der Waals surface area (Å²) in [6, 6.07) is 9.94. The van der Waals surface area contributed by atoms with E-state index in [4.69, 9.17) is 21.4 Å². The molecular weight excluding hydrogens is 442 g/mol. The van der Waals surface area contributed by atoms with Gasteiger partial charge in [-0.05, 0) is 49.2 Å². The smallest absolute Gasteiger partial charge is 0.277 e. The number of anilines is 1. The Labute approximate surface area is 187 Å². The van der Waals surface area contributed by atoms with Crippen molar-refractivity contribution in [2.45, 2.75) is 20.0 Å². The first-order chi connectivity index (χ1) is 15.3. The topological polar surface area (TPSA) is 71.8 Å². The Hall–Kier alpha value is -3.23. The number of carbonyl (C=O) groups is 1. The molecule has 3 aromatic rings. The fraction of sp³-hybridized carbons (Fsp3) is 0.217. The van der Waals surface area contributed by atoms with Gasteiger partial charge in [0.25, 0.3) is 11.5 Å². The van der Waals surface area contributed by atoms with Gasteiger partial charge in [0.15, 0.2) is 0 Å². The average molecular weight is 461 g/mol. The highest BCUT2D eigenvalue weighted by Gasteiger charge is 2.25. The molecule has 1 aliphatic heterocycles. The van der Waals surface area contributed by atoms with Crippen LogP contribution in [-0.2, 0) is 17.8 Å². The lowest BCUT2D eigenvalue weighted by molar-refractivity contribution is -0.121. The van der Waals surface area contributed by atoms with Crippen molar-refractivity contribution in [3.8, 4) is 11.4 Å². The molecule has 0 saturated heterocycles. The van der Waals surface area contributed by atoms with Crippen LogP contribution in [0.5, 0.6) is 5.75 Å². The Morgan fingerprint density at radius 1 is 1.19 bits per heavy atom. The lowest BCUT2D eigenvalue weighted by atomic mass is 10.1. The molecule has 4 rings (SSSR count). The molecule has 6 nitrogen and oxygen atoms in total. The third-order valence-electron chi connectivity index (χ3n) is 5.35. The Morgan fingerprint density at radius 2 is 1.97 bits per heavy atom. The minimum Gasteiger partial charge on any atom is -0.487 e. The summed E-state index contributed by atoms with van der Waals surface area (Å²) in [7, 11) is 0. The zero-order valence-corrected chi connectivity index (χ0v) is 17.8. The second-order valence-corrected chi connectivity index (χ2v) is 7.77. The van der Waals surface area contributed by atoms with Crippen molar-refractivity contribution in [3.05, 3.63) is 86.3 Å². The molecule has 32 heavy (non-hydrogen) atoms. The summed E-state index contributed by atoms with van der Waals surface area (Å²) in [6.45, 7) is 1.37. The maximum absolute atomic E-state index is 13.8. The number of hydrogen-bond acceptors (Lipinski definition) is 4. The van der Waals surface area contributed by atoms with E-state index in [0.717, 1.165) is 17.7 Å². The van der Waals surface area contributed by atoms with E-state index in [0.29, 0.717) is 30.0 Å². The third-order valence-corrected chi connectivity index (χ3v) is 5.70. The number of aryl methyl sites for hydroxylation is 1. The van der Waals surface area contributed by atoms with Crippen molar-refractivity contribution in [3.63, 3.8) is 0 Å². The summed E-state index contributed by atoms with van der Waals surface area (Å²) < 4.78 is 33.9. The zero-order chi connectivity index (χ0) is 23.0. The van der Waals surface area contributed by atoms with Crippen LogP contribution in [0.3, 0.4) is 0 Å². The quantitative estimate of drug-likeness (QED) is 0.632. The number of halogens is 3. The number of benzene rings is 2. The lowest BCUT2D eigenvalue weighted by Gasteiger charge is -2.18. The lowest BCUT2D eigenvalue weighted by Crippen LogP contribution is -2.31. The van der Waals surface area contributed by atoms with Crippen LogP contribution in [0.25, 0.3) is 5.69 Å². The molecule has 166 valence electrons. The first kappa shape index (κ1) is 22.0. The summed E-state index contributed by atoms with van der Waals surface area (Å²) in [6.07, 6.45) is 0.598. The first-order valence-electron chi connectivity index (χ1n) is 9.83. The van der Waals surface area contributed by atoms with E-state index in [-0.39, 0.29) is 28.8 Å². The van der Waals surface area contributed by atoms with Gasteiger partial charge in [0, 0.05) is 41.3 Å². The van der Waals surface area contributed by atoms with E-state index in [1.807, 2.05) is 0 Å². The van der Waals surface area contributed by atoms with Crippen molar-refractivity contribution in [2.24, 2.45) is 0 Å². The normalized spacial score (nSPS) is 12.7. The predicted octanol–water partition coefficient (Wildman–Crippen LogP) is 3.54. The molecule has 0 unspecified atom stereocenters. The molecule has 1 amide bonds. The fourth-order valence-electron chi connectivity index (χ4n) is 3.77. The van der Waals surface area contributed by atoms with Gasteiger partial charge in [-0.15, -0.1) is 0 Å². The molecule has 0 saturated carbocycles. The first-order valence-corrected chi connectivity index (χ1v) is 10.2. The van der Waals surface area contributed by atoms with Crippen LogP contribution in [0.15, 0.2) is 47.3 Å². The highest BCUT2D eigenvalue weighted by atomic mass is 35.5. The molecule has 2 aromatic carbocycles. The summed E-state index contributed by atoms with van der Waals surface area (Å²) in [5.74, 6) is -1.74. The molecule has 0 radical (unpaired) electrons. The number of aromatic nitrogens is 1. The number of fused-ring (bicyclic) bond motifs is 1. The van der Waals surface area contributed by atoms with Crippen LogP contribution in [0.2, 0.25) is 5.02 Å². The zero-order valence-electron chi connectivity index (χ0n) is 17.1. The monoisotopic (exact) mass is 460 g/mol. The van der Waals surface area contributed by atoms with Crippen molar-refractivity contribution in [1.82, 2.24) is 4.57 Å². The minimum atomic E-state index is -0.752. The summed E-state index contributed by atoms with van der Waals surface area (Å²) >= 11 is 6.26. The number of amides is 1. The van der Waals surface area contributed by atoms with Gasteiger partial charge >= 0.3 is 0 Å². The van der Waals surface area contributed by atoms with Gasteiger partial charge in [0.2, 0.25) is 0 Å². The number of nitrogens with zero attached hydrogens (tertiary/aromatic N) is 2. The number of aliphatic hydroxyl groups excluding tert-OH is 1. The van der Waals surface area contributed by atoms with E-state index in [2.05, 4.69) is 0 Å². The molecule has 1 aromatic heterocycles. The summed E-state index contributed by atoms with van der Waals surface area (Å²) in [5.41, 5.74) is 2.30. The standard InChI is InChI=1S/C23H19ClF2N2O4/c1-13-8-20(32-12-15-2-3-16(25)10-18(15)26)22(24)23(31)28(13)17-4-5-19-14(9-17)6-7-27(19)21(30)11-29/h2-5,8-10,29H,6-7,11-12H2,1H3. The maximum Gasteiger partial charge on any atom is 0.277 e. The SMILES string of the molecule is Cc1cc(OCc2ccc(F)cc2F)c(Cl)c(=O)n1-c1ccc2c(c1)CCN2C(=O)CO. The molecule has 2 heterocycles. The molecule has 0 bridgehead atoms. The second kappa shape index (κ2) is 8.72. The number of ether oxygens (including phenoxy) is 1. The Kier molecular flexibility index (Phi) is 5.99. The van der Waals surface area contributed by atoms with Crippen molar-refractivity contribution >= 4 is 23.2 Å². The van der Waals surface area contributed by atoms with E-state index in [9.17, 15) is 18.4 Å². The molecule has 0 spiro atoms. The summed E-state index contributed by atoms with van der Waals surface area (Å²) in [5, 5.41) is 8.96. The number of rotatable bonds is 5. The molecule has 0 atom stereocenters. The fourth-order valence-corrected chi connectivity index (χ4v) is 3.97. The molecule has 1 aliphatic rings. The van der Waals surface area contributed by atoms with Crippen LogP contribution in [0.1, 0.15) is 16.8 Å². The second-order valence-electron chi connectivity index (χ2n) is 7.40. The maximum atomic E-state index is 13.8. The van der Waals surface area contributed by atoms with Gasteiger partial charge in [-0.2, -0.15) is 0 Å². The molecule has 0 aliphatic carbocycles. The number of carbonyl (C=O) groups excluding carboxylic acids is 1. The third kappa shape index (κ3) is 3.99. The van der Waals surface area contributed by atoms with Gasteiger partial charge in [0.1, 0.15) is 35.6 Å². The van der Waals surface area contributed by atoms with E-state index < -0.39 is 23.8 Å².